The van der Waals surface area contributed by atoms with Gasteiger partial charge in [-0.15, -0.1) is 0 Å². The van der Waals surface area contributed by atoms with Crippen LogP contribution in [-0.2, 0) is 16.1 Å². The number of anilines is 1. The zero-order valence-corrected chi connectivity index (χ0v) is 10.4. The third-order valence-corrected chi connectivity index (χ3v) is 2.31. The van der Waals surface area contributed by atoms with Gasteiger partial charge in [0, 0.05) is 18.4 Å². The van der Waals surface area contributed by atoms with Crippen molar-refractivity contribution in [3.05, 3.63) is 29.8 Å². The second-order valence-corrected chi connectivity index (χ2v) is 3.78. The van der Waals surface area contributed by atoms with Gasteiger partial charge in [0.25, 0.3) is 0 Å². The number of rotatable bonds is 6. The summed E-state index contributed by atoms with van der Waals surface area (Å²) in [6.07, 6.45) is -1.63. The predicted molar refractivity (Wildman–Crippen MR) is 67.8 cm³/mol. The summed E-state index contributed by atoms with van der Waals surface area (Å²) in [5.74, 6) is -1.39. The molecule has 0 heterocycles. The zero-order chi connectivity index (χ0) is 14.3. The van der Waals surface area contributed by atoms with Gasteiger partial charge < -0.3 is 25.6 Å². The van der Waals surface area contributed by atoms with E-state index in [-0.39, 0.29) is 6.54 Å². The number of carbonyl (C=O) groups excluding carboxylic acids is 1. The van der Waals surface area contributed by atoms with E-state index in [2.05, 4.69) is 10.6 Å². The number of carboxylic acids is 1. The molecular formula is C12H16N2O5. The molecule has 0 bridgehead atoms. The molecule has 2 amide bonds. The van der Waals surface area contributed by atoms with Crippen LogP contribution in [0.1, 0.15) is 5.56 Å². The predicted octanol–water partition coefficient (Wildman–Crippen LogP) is 0.400. The third-order valence-electron chi connectivity index (χ3n) is 2.31. The number of aliphatic hydroxyl groups excluding tert-OH is 1. The van der Waals surface area contributed by atoms with Crippen molar-refractivity contribution >= 4 is 17.7 Å². The van der Waals surface area contributed by atoms with Gasteiger partial charge in [-0.2, -0.15) is 0 Å². The van der Waals surface area contributed by atoms with Gasteiger partial charge in [-0.25, -0.2) is 9.59 Å². The normalized spacial score (nSPS) is 11.7. The highest BCUT2D eigenvalue weighted by atomic mass is 16.5. The van der Waals surface area contributed by atoms with Crippen LogP contribution in [-0.4, -0.2) is 42.0 Å². The molecule has 0 aliphatic rings. The summed E-state index contributed by atoms with van der Waals surface area (Å²) in [4.78, 5) is 21.9. The van der Waals surface area contributed by atoms with Crippen molar-refractivity contribution in [2.24, 2.45) is 0 Å². The van der Waals surface area contributed by atoms with Crippen molar-refractivity contribution in [1.82, 2.24) is 5.32 Å². The molecule has 0 unspecified atom stereocenters. The molecule has 7 heteroatoms. The summed E-state index contributed by atoms with van der Waals surface area (Å²) in [5, 5.41) is 22.3. The Balaban J connectivity index is 2.55. The molecule has 7 nitrogen and oxygen atoms in total. The lowest BCUT2D eigenvalue weighted by Crippen LogP contribution is -2.38. The molecule has 1 aromatic carbocycles. The van der Waals surface area contributed by atoms with Crippen LogP contribution in [0.3, 0.4) is 0 Å². The standard InChI is InChI=1S/C12H16N2O5/c1-19-7-8-4-2-3-5-9(8)14-12(18)13-6-10(15)11(16)17/h2-5,10,15H,6-7H2,1H3,(H,16,17)(H2,13,14,18)/t10-/m0/s1. The summed E-state index contributed by atoms with van der Waals surface area (Å²) < 4.78 is 4.99. The SMILES string of the molecule is COCc1ccccc1NC(=O)NC[C@H](O)C(=O)O. The molecule has 4 N–H and O–H groups in total. The number of benzene rings is 1. The quantitative estimate of drug-likeness (QED) is 0.597. The van der Waals surface area contributed by atoms with Crippen LogP contribution in [0.15, 0.2) is 24.3 Å². The molecule has 0 aliphatic carbocycles. The fourth-order valence-electron chi connectivity index (χ4n) is 1.37. The van der Waals surface area contributed by atoms with Crippen LogP contribution < -0.4 is 10.6 Å². The third kappa shape index (κ3) is 4.94. The molecular weight excluding hydrogens is 252 g/mol. The summed E-state index contributed by atoms with van der Waals surface area (Å²) >= 11 is 0. The first-order chi connectivity index (χ1) is 9.04. The van der Waals surface area contributed by atoms with Crippen molar-refractivity contribution < 1.29 is 24.5 Å². The van der Waals surface area contributed by atoms with Crippen LogP contribution in [0.2, 0.25) is 0 Å². The van der Waals surface area contributed by atoms with Gasteiger partial charge in [-0.3, -0.25) is 0 Å². The molecule has 0 spiro atoms. The van der Waals surface area contributed by atoms with Crippen molar-refractivity contribution in [1.29, 1.82) is 0 Å². The van der Waals surface area contributed by atoms with Crippen molar-refractivity contribution in [2.45, 2.75) is 12.7 Å². The Bertz CT molecular complexity index is 450. The Morgan fingerprint density at radius 3 is 2.68 bits per heavy atom. The van der Waals surface area contributed by atoms with Gasteiger partial charge >= 0.3 is 12.0 Å². The van der Waals surface area contributed by atoms with Gasteiger partial charge in [-0.1, -0.05) is 18.2 Å². The number of hydrogen-bond donors (Lipinski definition) is 4. The molecule has 1 atom stereocenters. The Morgan fingerprint density at radius 1 is 1.37 bits per heavy atom. The Hall–Kier alpha value is -2.12. The van der Waals surface area contributed by atoms with E-state index >= 15 is 0 Å². The molecule has 0 saturated carbocycles. The lowest BCUT2D eigenvalue weighted by atomic mass is 10.2. The summed E-state index contributed by atoms with van der Waals surface area (Å²) in [6.45, 7) is -0.0260. The number of amides is 2. The fourth-order valence-corrected chi connectivity index (χ4v) is 1.37. The number of hydrogen-bond acceptors (Lipinski definition) is 4. The van der Waals surface area contributed by atoms with E-state index in [0.717, 1.165) is 5.56 Å². The molecule has 0 fully saturated rings. The van der Waals surface area contributed by atoms with E-state index in [1.165, 1.54) is 0 Å². The first-order valence-electron chi connectivity index (χ1n) is 5.57. The van der Waals surface area contributed by atoms with Gasteiger partial charge in [-0.05, 0) is 6.07 Å². The average Bonchev–Trinajstić information content (AvgIpc) is 2.38. The van der Waals surface area contributed by atoms with E-state index in [9.17, 15) is 9.59 Å². The monoisotopic (exact) mass is 268 g/mol. The molecule has 19 heavy (non-hydrogen) atoms. The molecule has 1 aromatic rings. The van der Waals surface area contributed by atoms with Crippen LogP contribution in [0.25, 0.3) is 0 Å². The number of carboxylic acid groups (broad SMARTS) is 1. The number of aliphatic hydroxyl groups is 1. The number of aliphatic carboxylic acids is 1. The van der Waals surface area contributed by atoms with Crippen LogP contribution >= 0.6 is 0 Å². The minimum Gasteiger partial charge on any atom is -0.479 e. The van der Waals surface area contributed by atoms with E-state index in [0.29, 0.717) is 12.3 Å². The first kappa shape index (κ1) is 14.9. The minimum atomic E-state index is -1.63. The Morgan fingerprint density at radius 2 is 2.05 bits per heavy atom. The van der Waals surface area contributed by atoms with Crippen molar-refractivity contribution in [2.75, 3.05) is 19.0 Å². The molecule has 0 saturated heterocycles. The average molecular weight is 268 g/mol. The minimum absolute atomic E-state index is 0.341. The van der Waals surface area contributed by atoms with E-state index in [4.69, 9.17) is 14.9 Å². The van der Waals surface area contributed by atoms with Crippen LogP contribution in [0.5, 0.6) is 0 Å². The van der Waals surface area contributed by atoms with E-state index < -0.39 is 18.1 Å². The molecule has 0 aliphatic heterocycles. The fraction of sp³-hybridized carbons (Fsp3) is 0.333. The van der Waals surface area contributed by atoms with Gasteiger partial charge in [0.15, 0.2) is 6.10 Å². The van der Waals surface area contributed by atoms with Crippen molar-refractivity contribution in [3.8, 4) is 0 Å². The summed E-state index contributed by atoms with van der Waals surface area (Å²) in [7, 11) is 1.54. The van der Waals surface area contributed by atoms with Gasteiger partial charge in [0.05, 0.1) is 13.2 Å². The molecule has 1 rings (SSSR count). The highest BCUT2D eigenvalue weighted by Crippen LogP contribution is 2.15. The maximum atomic E-state index is 11.5. The Labute approximate surface area is 110 Å². The number of urea groups is 1. The number of methoxy groups -OCH3 is 1. The second-order valence-electron chi connectivity index (χ2n) is 3.78. The molecule has 0 radical (unpaired) electrons. The van der Waals surface area contributed by atoms with Crippen LogP contribution in [0, 0.1) is 0 Å². The largest absolute Gasteiger partial charge is 0.479 e. The zero-order valence-electron chi connectivity index (χ0n) is 10.4. The van der Waals surface area contributed by atoms with Crippen molar-refractivity contribution in [3.63, 3.8) is 0 Å². The lowest BCUT2D eigenvalue weighted by molar-refractivity contribution is -0.146. The first-order valence-corrected chi connectivity index (χ1v) is 5.57. The highest BCUT2D eigenvalue weighted by Gasteiger charge is 2.14. The summed E-state index contributed by atoms with van der Waals surface area (Å²) in [6, 6.07) is 6.46. The van der Waals surface area contributed by atoms with E-state index in [1.54, 1.807) is 25.3 Å². The number of para-hydroxylation sites is 1. The van der Waals surface area contributed by atoms with Gasteiger partial charge in [0.2, 0.25) is 0 Å². The molecule has 0 aromatic heterocycles. The second kappa shape index (κ2) is 7.34. The van der Waals surface area contributed by atoms with E-state index in [1.807, 2.05) is 6.07 Å². The molecule has 104 valence electrons. The maximum Gasteiger partial charge on any atom is 0.334 e. The number of ether oxygens (including phenoxy) is 1. The van der Waals surface area contributed by atoms with Crippen LogP contribution in [0.4, 0.5) is 10.5 Å². The summed E-state index contributed by atoms with van der Waals surface area (Å²) in [5.41, 5.74) is 1.35. The maximum absolute atomic E-state index is 11.5. The smallest absolute Gasteiger partial charge is 0.334 e. The Kier molecular flexibility index (Phi) is 5.77. The number of nitrogens with one attached hydrogen (secondary N) is 2. The van der Waals surface area contributed by atoms with Gasteiger partial charge in [0.1, 0.15) is 0 Å². The topological polar surface area (TPSA) is 108 Å². The number of carbonyl (C=O) groups is 2. The lowest BCUT2D eigenvalue weighted by Gasteiger charge is -2.12. The highest BCUT2D eigenvalue weighted by molar-refractivity contribution is 5.90.